The summed E-state index contributed by atoms with van der Waals surface area (Å²) in [6, 6.07) is 10.5. The smallest absolute Gasteiger partial charge is 0.265 e. The van der Waals surface area contributed by atoms with Crippen LogP contribution in [-0.4, -0.2) is 57.1 Å². The lowest BCUT2D eigenvalue weighted by atomic mass is 10.1. The van der Waals surface area contributed by atoms with Gasteiger partial charge in [0, 0.05) is 13.1 Å². The highest BCUT2D eigenvalue weighted by Crippen LogP contribution is 2.17. The number of nitrogens with one attached hydrogen (secondary N) is 2. The van der Waals surface area contributed by atoms with Crippen molar-refractivity contribution in [3.8, 4) is 0 Å². The second-order valence-corrected chi connectivity index (χ2v) is 6.60. The first kappa shape index (κ1) is 19.1. The zero-order chi connectivity index (χ0) is 18.1. The molecule has 0 bridgehead atoms. The molecule has 1 aromatic heterocycles. The number of thiophene rings is 1. The molecule has 2 aromatic rings. The van der Waals surface area contributed by atoms with Crippen LogP contribution in [0.5, 0.6) is 0 Å². The molecule has 2 rings (SSSR count). The van der Waals surface area contributed by atoms with Crippen molar-refractivity contribution in [3.63, 3.8) is 0 Å². The van der Waals surface area contributed by atoms with Crippen molar-refractivity contribution < 1.29 is 14.3 Å². The third kappa shape index (κ3) is 6.30. The predicted octanol–water partition coefficient (Wildman–Crippen LogP) is 2.31. The molecule has 2 N–H and O–H groups in total. The van der Waals surface area contributed by atoms with E-state index in [1.54, 1.807) is 30.3 Å². The molecular formula is C18H23N3O3S. The van der Waals surface area contributed by atoms with E-state index in [0.29, 0.717) is 35.9 Å². The fourth-order valence-corrected chi connectivity index (χ4v) is 2.68. The summed E-state index contributed by atoms with van der Waals surface area (Å²) in [6.45, 7) is 2.32. The molecule has 2 amide bonds. The van der Waals surface area contributed by atoms with Crippen LogP contribution in [0.3, 0.4) is 0 Å². The molecule has 0 atom stereocenters. The number of hydrogen-bond donors (Lipinski definition) is 2. The van der Waals surface area contributed by atoms with Gasteiger partial charge >= 0.3 is 0 Å². The summed E-state index contributed by atoms with van der Waals surface area (Å²) in [5.74, 6) is -0.458. The second-order valence-electron chi connectivity index (χ2n) is 5.65. The maximum Gasteiger partial charge on any atom is 0.265 e. The number of ether oxygens (including phenoxy) is 1. The summed E-state index contributed by atoms with van der Waals surface area (Å²) in [5, 5.41) is 7.44. The van der Waals surface area contributed by atoms with Crippen LogP contribution in [0.4, 0.5) is 5.69 Å². The maximum atomic E-state index is 12.4. The monoisotopic (exact) mass is 361 g/mol. The lowest BCUT2D eigenvalue weighted by molar-refractivity contribution is 0.0901. The minimum Gasteiger partial charge on any atom is -0.378 e. The van der Waals surface area contributed by atoms with Crippen molar-refractivity contribution in [2.24, 2.45) is 0 Å². The normalized spacial score (nSPS) is 10.7. The Hall–Kier alpha value is -2.22. The van der Waals surface area contributed by atoms with Crippen LogP contribution in [0.2, 0.25) is 0 Å². The molecular weight excluding hydrogens is 338 g/mol. The summed E-state index contributed by atoms with van der Waals surface area (Å²) in [6.07, 6.45) is 0. The molecule has 6 nitrogen and oxygen atoms in total. The zero-order valence-corrected chi connectivity index (χ0v) is 15.3. The maximum absolute atomic E-state index is 12.4. The molecule has 0 saturated carbocycles. The van der Waals surface area contributed by atoms with Gasteiger partial charge in [-0.1, -0.05) is 18.2 Å². The SMILES string of the molecule is CN(C)CCOCCNC(=O)c1ccccc1NC(=O)c1cccs1. The number of anilines is 1. The van der Waals surface area contributed by atoms with E-state index in [9.17, 15) is 9.59 Å². The Balaban J connectivity index is 1.86. The lowest BCUT2D eigenvalue weighted by Crippen LogP contribution is -2.29. The lowest BCUT2D eigenvalue weighted by Gasteiger charge is -2.12. The second kappa shape index (κ2) is 9.93. The fraction of sp³-hybridized carbons (Fsp3) is 0.333. The summed E-state index contributed by atoms with van der Waals surface area (Å²) in [5.41, 5.74) is 0.924. The molecule has 0 aliphatic heterocycles. The Kier molecular flexibility index (Phi) is 7.59. The van der Waals surface area contributed by atoms with Crippen molar-refractivity contribution in [1.29, 1.82) is 0 Å². The minimum atomic E-state index is -0.238. The van der Waals surface area contributed by atoms with Gasteiger partial charge in [0.05, 0.1) is 29.3 Å². The van der Waals surface area contributed by atoms with E-state index in [0.717, 1.165) is 6.54 Å². The molecule has 7 heteroatoms. The number of para-hydroxylation sites is 1. The van der Waals surface area contributed by atoms with Gasteiger partial charge in [0.25, 0.3) is 11.8 Å². The van der Waals surface area contributed by atoms with Crippen LogP contribution in [0.15, 0.2) is 41.8 Å². The van der Waals surface area contributed by atoms with Crippen LogP contribution in [0.1, 0.15) is 20.0 Å². The van der Waals surface area contributed by atoms with Crippen molar-refractivity contribution in [1.82, 2.24) is 10.2 Å². The summed E-state index contributed by atoms with van der Waals surface area (Å²) in [7, 11) is 3.96. The van der Waals surface area contributed by atoms with E-state index in [-0.39, 0.29) is 11.8 Å². The third-order valence-corrected chi connectivity index (χ3v) is 4.25. The number of carbonyl (C=O) groups excluding carboxylic acids is 2. The number of carbonyl (C=O) groups is 2. The minimum absolute atomic E-state index is 0.220. The number of rotatable bonds is 9. The van der Waals surface area contributed by atoms with Crippen LogP contribution in [0.25, 0.3) is 0 Å². The third-order valence-electron chi connectivity index (χ3n) is 3.38. The molecule has 0 fully saturated rings. The van der Waals surface area contributed by atoms with Gasteiger partial charge < -0.3 is 20.3 Å². The van der Waals surface area contributed by atoms with E-state index >= 15 is 0 Å². The zero-order valence-electron chi connectivity index (χ0n) is 14.5. The Morgan fingerprint density at radius 1 is 1.08 bits per heavy atom. The number of hydrogen-bond acceptors (Lipinski definition) is 5. The molecule has 0 unspecified atom stereocenters. The largest absolute Gasteiger partial charge is 0.378 e. The van der Waals surface area contributed by atoms with Crippen LogP contribution in [-0.2, 0) is 4.74 Å². The van der Waals surface area contributed by atoms with Crippen molar-refractivity contribution in [2.75, 3.05) is 45.7 Å². The van der Waals surface area contributed by atoms with Gasteiger partial charge in [-0.2, -0.15) is 0 Å². The van der Waals surface area contributed by atoms with Gasteiger partial charge in [-0.05, 0) is 37.7 Å². The van der Waals surface area contributed by atoms with E-state index in [1.807, 2.05) is 30.4 Å². The molecule has 1 aromatic carbocycles. The van der Waals surface area contributed by atoms with Crippen molar-refractivity contribution in [3.05, 3.63) is 52.2 Å². The summed E-state index contributed by atoms with van der Waals surface area (Å²) >= 11 is 1.36. The standard InChI is InChI=1S/C18H23N3O3S/c1-21(2)10-12-24-11-9-19-17(22)14-6-3-4-7-15(14)20-18(23)16-8-5-13-25-16/h3-8,13H,9-12H2,1-2H3,(H,19,22)(H,20,23). The highest BCUT2D eigenvalue weighted by Gasteiger charge is 2.14. The van der Waals surface area contributed by atoms with Gasteiger partial charge in [-0.3, -0.25) is 9.59 Å². The number of amides is 2. The fourth-order valence-electron chi connectivity index (χ4n) is 2.06. The average Bonchev–Trinajstić information content (AvgIpc) is 3.12. The van der Waals surface area contributed by atoms with Crippen LogP contribution >= 0.6 is 11.3 Å². The van der Waals surface area contributed by atoms with Crippen LogP contribution < -0.4 is 10.6 Å². The highest BCUT2D eigenvalue weighted by atomic mass is 32.1. The van der Waals surface area contributed by atoms with Gasteiger partial charge in [0.15, 0.2) is 0 Å². The number of nitrogens with zero attached hydrogens (tertiary/aromatic N) is 1. The average molecular weight is 361 g/mol. The summed E-state index contributed by atoms with van der Waals surface area (Å²) < 4.78 is 5.45. The van der Waals surface area contributed by atoms with E-state index in [4.69, 9.17) is 4.74 Å². The highest BCUT2D eigenvalue weighted by molar-refractivity contribution is 7.12. The van der Waals surface area contributed by atoms with Gasteiger partial charge in [0.2, 0.25) is 0 Å². The first-order valence-electron chi connectivity index (χ1n) is 8.02. The van der Waals surface area contributed by atoms with E-state index < -0.39 is 0 Å². The molecule has 0 spiro atoms. The Morgan fingerprint density at radius 3 is 2.60 bits per heavy atom. The van der Waals surface area contributed by atoms with Gasteiger partial charge in [0.1, 0.15) is 0 Å². The quantitative estimate of drug-likeness (QED) is 0.673. The van der Waals surface area contributed by atoms with E-state index in [1.165, 1.54) is 11.3 Å². The summed E-state index contributed by atoms with van der Waals surface area (Å²) in [4.78, 5) is 27.2. The first-order valence-corrected chi connectivity index (χ1v) is 8.90. The Morgan fingerprint density at radius 2 is 1.88 bits per heavy atom. The number of likely N-dealkylation sites (N-methyl/N-ethyl adjacent to an activating group) is 1. The Bertz CT molecular complexity index is 687. The molecule has 25 heavy (non-hydrogen) atoms. The Labute approximate surface area is 151 Å². The van der Waals surface area contributed by atoms with Crippen molar-refractivity contribution in [2.45, 2.75) is 0 Å². The van der Waals surface area contributed by atoms with Gasteiger partial charge in [-0.15, -0.1) is 11.3 Å². The number of benzene rings is 1. The molecule has 0 aliphatic carbocycles. The van der Waals surface area contributed by atoms with E-state index in [2.05, 4.69) is 10.6 Å². The molecule has 1 heterocycles. The molecule has 0 radical (unpaired) electrons. The van der Waals surface area contributed by atoms with Crippen LogP contribution in [0, 0.1) is 0 Å². The molecule has 0 saturated heterocycles. The predicted molar refractivity (Wildman–Crippen MR) is 100 cm³/mol. The molecule has 134 valence electrons. The van der Waals surface area contributed by atoms with Crippen molar-refractivity contribution >= 4 is 28.8 Å². The topological polar surface area (TPSA) is 70.7 Å². The first-order chi connectivity index (χ1) is 12.1. The molecule has 0 aliphatic rings. The van der Waals surface area contributed by atoms with Gasteiger partial charge in [-0.25, -0.2) is 0 Å².